The summed E-state index contributed by atoms with van der Waals surface area (Å²) in [6, 6.07) is 8.11. The molecule has 0 aliphatic carbocycles. The van der Waals surface area contributed by atoms with E-state index in [1.165, 1.54) is 15.9 Å². The fourth-order valence-electron chi connectivity index (χ4n) is 4.97. The third-order valence-electron chi connectivity index (χ3n) is 7.15. The van der Waals surface area contributed by atoms with Crippen LogP contribution in [0.3, 0.4) is 0 Å². The lowest BCUT2D eigenvalue weighted by atomic mass is 9.98. The lowest BCUT2D eigenvalue weighted by Gasteiger charge is -2.36. The second-order valence-corrected chi connectivity index (χ2v) is 11.0. The number of aromatic nitrogens is 7. The molecule has 0 spiro atoms. The standard InChI is InChI=1S/C25H30N10O2S/c1-25(2,37)16-4-6-17(7-5-16)33-12-9-32(10-13-33)11-14-34-20-18(31(3)24(34)36)21-28-19(22-27-8-15-38-22)30-35(21)23(26)29-20/h4-8,15,37H,9-14H2,1-3H3,(H2,26,29). The highest BCUT2D eigenvalue weighted by Gasteiger charge is 2.23. The van der Waals surface area contributed by atoms with Gasteiger partial charge in [0, 0.05) is 63.6 Å². The van der Waals surface area contributed by atoms with Gasteiger partial charge in [0.15, 0.2) is 16.3 Å². The molecule has 0 atom stereocenters. The Hall–Kier alpha value is -3.81. The van der Waals surface area contributed by atoms with Crippen LogP contribution in [0.25, 0.3) is 27.6 Å². The Morgan fingerprint density at radius 2 is 1.79 bits per heavy atom. The van der Waals surface area contributed by atoms with Gasteiger partial charge in [0.05, 0.1) is 5.60 Å². The van der Waals surface area contributed by atoms with Gasteiger partial charge in [-0.3, -0.25) is 14.0 Å². The molecule has 1 fully saturated rings. The van der Waals surface area contributed by atoms with Crippen molar-refractivity contribution in [2.24, 2.45) is 7.05 Å². The zero-order chi connectivity index (χ0) is 26.6. The molecule has 4 aromatic heterocycles. The Morgan fingerprint density at radius 1 is 1.05 bits per heavy atom. The van der Waals surface area contributed by atoms with E-state index in [1.807, 2.05) is 17.5 Å². The Balaban J connectivity index is 1.19. The molecule has 3 N–H and O–H groups in total. The smallest absolute Gasteiger partial charge is 0.330 e. The minimum atomic E-state index is -0.847. The van der Waals surface area contributed by atoms with Crippen LogP contribution >= 0.6 is 11.3 Å². The maximum Gasteiger partial charge on any atom is 0.330 e. The van der Waals surface area contributed by atoms with Crippen LogP contribution in [0.4, 0.5) is 11.6 Å². The number of fused-ring (bicyclic) bond motifs is 3. The van der Waals surface area contributed by atoms with Crippen molar-refractivity contribution in [2.75, 3.05) is 43.4 Å². The van der Waals surface area contributed by atoms with E-state index in [0.29, 0.717) is 40.7 Å². The number of nitrogens with zero attached hydrogens (tertiary/aromatic N) is 9. The van der Waals surface area contributed by atoms with E-state index in [0.717, 1.165) is 37.4 Å². The van der Waals surface area contributed by atoms with Crippen LogP contribution in [0, 0.1) is 0 Å². The number of piperazine rings is 1. The highest BCUT2D eigenvalue weighted by Crippen LogP contribution is 2.25. The van der Waals surface area contributed by atoms with Crippen molar-refractivity contribution < 1.29 is 5.11 Å². The SMILES string of the molecule is Cn1c(=O)n(CCN2CCN(c3ccc(C(C)(C)O)cc3)CC2)c2nc(N)n3nc(-c4nccs4)nc3c21. The number of nitrogens with two attached hydrogens (primary N) is 1. The van der Waals surface area contributed by atoms with Crippen LogP contribution in [0.5, 0.6) is 0 Å². The minimum Gasteiger partial charge on any atom is -0.386 e. The summed E-state index contributed by atoms with van der Waals surface area (Å²) in [6.45, 7) is 8.33. The molecular formula is C25H30N10O2S. The number of aryl methyl sites for hydroxylation is 1. The monoisotopic (exact) mass is 534 g/mol. The summed E-state index contributed by atoms with van der Waals surface area (Å²) in [6.07, 6.45) is 1.70. The average Bonchev–Trinajstić information content (AvgIpc) is 3.63. The van der Waals surface area contributed by atoms with Gasteiger partial charge in [0.1, 0.15) is 5.52 Å². The van der Waals surface area contributed by atoms with Crippen LogP contribution in [-0.2, 0) is 19.2 Å². The molecular weight excluding hydrogens is 504 g/mol. The quantitative estimate of drug-likeness (QED) is 0.332. The van der Waals surface area contributed by atoms with E-state index in [4.69, 9.17) is 5.73 Å². The van der Waals surface area contributed by atoms with Crippen molar-refractivity contribution in [1.29, 1.82) is 0 Å². The van der Waals surface area contributed by atoms with Gasteiger partial charge in [-0.1, -0.05) is 12.1 Å². The zero-order valence-electron chi connectivity index (χ0n) is 21.6. The zero-order valence-corrected chi connectivity index (χ0v) is 22.4. The molecule has 1 aliphatic heterocycles. The summed E-state index contributed by atoms with van der Waals surface area (Å²) in [5.74, 6) is 0.625. The Labute approximate surface area is 222 Å². The summed E-state index contributed by atoms with van der Waals surface area (Å²) in [5.41, 5.74) is 8.87. The highest BCUT2D eigenvalue weighted by atomic mass is 32.1. The molecule has 0 unspecified atom stereocenters. The second kappa shape index (κ2) is 9.19. The molecule has 0 saturated carbocycles. The first-order valence-electron chi connectivity index (χ1n) is 12.5. The Bertz CT molecular complexity index is 1650. The van der Waals surface area contributed by atoms with Gasteiger partial charge in [0.2, 0.25) is 11.8 Å². The predicted molar refractivity (Wildman–Crippen MR) is 147 cm³/mol. The number of hydrogen-bond donors (Lipinski definition) is 2. The number of hydrogen-bond acceptors (Lipinski definition) is 10. The van der Waals surface area contributed by atoms with Crippen LogP contribution in [0.2, 0.25) is 0 Å². The van der Waals surface area contributed by atoms with Gasteiger partial charge < -0.3 is 15.7 Å². The minimum absolute atomic E-state index is 0.163. The van der Waals surface area contributed by atoms with E-state index in [-0.39, 0.29) is 11.6 Å². The van der Waals surface area contributed by atoms with Crippen molar-refractivity contribution in [1.82, 2.24) is 38.6 Å². The molecule has 1 aromatic carbocycles. The highest BCUT2D eigenvalue weighted by molar-refractivity contribution is 7.13. The summed E-state index contributed by atoms with van der Waals surface area (Å²) in [4.78, 5) is 31.4. The Kier molecular flexibility index (Phi) is 5.93. The van der Waals surface area contributed by atoms with Crippen molar-refractivity contribution in [3.8, 4) is 10.8 Å². The fraction of sp³-hybridized carbons (Fsp3) is 0.400. The maximum absolute atomic E-state index is 13.2. The molecule has 5 aromatic rings. The van der Waals surface area contributed by atoms with Crippen molar-refractivity contribution in [2.45, 2.75) is 26.0 Å². The normalized spacial score (nSPS) is 15.2. The van der Waals surface area contributed by atoms with Gasteiger partial charge in [0.25, 0.3) is 0 Å². The second-order valence-electron chi connectivity index (χ2n) is 10.1. The number of benzene rings is 1. The molecule has 13 heteroatoms. The van der Waals surface area contributed by atoms with E-state index in [2.05, 4.69) is 42.0 Å². The molecule has 5 heterocycles. The van der Waals surface area contributed by atoms with Crippen molar-refractivity contribution in [3.63, 3.8) is 0 Å². The van der Waals surface area contributed by atoms with Crippen LogP contribution < -0.4 is 16.3 Å². The molecule has 1 saturated heterocycles. The Morgan fingerprint density at radius 3 is 2.45 bits per heavy atom. The topological polar surface area (TPSA) is 136 Å². The summed E-state index contributed by atoms with van der Waals surface area (Å²) in [7, 11) is 1.72. The molecule has 198 valence electrons. The molecule has 0 bridgehead atoms. The van der Waals surface area contributed by atoms with Crippen LogP contribution in [-0.4, -0.2) is 76.4 Å². The fourth-order valence-corrected chi connectivity index (χ4v) is 5.53. The summed E-state index contributed by atoms with van der Waals surface area (Å²) in [5, 5.41) is 17.2. The van der Waals surface area contributed by atoms with Gasteiger partial charge in [-0.15, -0.1) is 16.4 Å². The number of anilines is 2. The first-order chi connectivity index (χ1) is 18.2. The lowest BCUT2D eigenvalue weighted by Crippen LogP contribution is -2.47. The molecule has 0 radical (unpaired) electrons. The van der Waals surface area contributed by atoms with Gasteiger partial charge >= 0.3 is 5.69 Å². The molecule has 38 heavy (non-hydrogen) atoms. The van der Waals surface area contributed by atoms with E-state index in [9.17, 15) is 9.90 Å². The largest absolute Gasteiger partial charge is 0.386 e. The summed E-state index contributed by atoms with van der Waals surface area (Å²) >= 11 is 1.44. The third kappa shape index (κ3) is 4.22. The van der Waals surface area contributed by atoms with Crippen LogP contribution in [0.15, 0.2) is 40.6 Å². The van der Waals surface area contributed by atoms with E-state index in [1.54, 1.807) is 36.2 Å². The predicted octanol–water partition coefficient (Wildman–Crippen LogP) is 1.53. The van der Waals surface area contributed by atoms with E-state index >= 15 is 0 Å². The summed E-state index contributed by atoms with van der Waals surface area (Å²) < 4.78 is 4.70. The van der Waals surface area contributed by atoms with Crippen LogP contribution in [0.1, 0.15) is 19.4 Å². The maximum atomic E-state index is 13.2. The van der Waals surface area contributed by atoms with E-state index < -0.39 is 5.60 Å². The number of aliphatic hydroxyl groups is 1. The third-order valence-corrected chi connectivity index (χ3v) is 7.92. The molecule has 6 rings (SSSR count). The van der Waals surface area contributed by atoms with Gasteiger partial charge in [-0.25, -0.2) is 14.8 Å². The lowest BCUT2D eigenvalue weighted by molar-refractivity contribution is 0.0786. The molecule has 12 nitrogen and oxygen atoms in total. The average molecular weight is 535 g/mol. The number of thiazole rings is 1. The molecule has 0 amide bonds. The number of nitrogen functional groups attached to an aromatic ring is 1. The van der Waals surface area contributed by atoms with Crippen molar-refractivity contribution in [3.05, 3.63) is 51.9 Å². The first-order valence-corrected chi connectivity index (χ1v) is 13.4. The number of imidazole rings is 1. The van der Waals surface area contributed by atoms with Crippen molar-refractivity contribution >= 4 is 39.8 Å². The van der Waals surface area contributed by atoms with Gasteiger partial charge in [-0.05, 0) is 31.5 Å². The molecule has 1 aliphatic rings. The van der Waals surface area contributed by atoms with Gasteiger partial charge in [-0.2, -0.15) is 9.50 Å². The number of rotatable bonds is 6. The first kappa shape index (κ1) is 24.5.